The molecule has 0 spiro atoms. The standard InChI is InChI=1S/C15H13F5O3S/c1-3-5-7(15(22)23-4-2)8(21)6-24-14-12(19)10(17)9(16)11(18)13(14)20/h3,7H,1,4-6H2,2H3. The van der Waals surface area contributed by atoms with E-state index in [1.54, 1.807) is 0 Å². The van der Waals surface area contributed by atoms with Gasteiger partial charge in [0, 0.05) is 0 Å². The summed E-state index contributed by atoms with van der Waals surface area (Å²) < 4.78 is 70.9. The van der Waals surface area contributed by atoms with Gasteiger partial charge in [-0.1, -0.05) is 6.08 Å². The number of hydrogen-bond donors (Lipinski definition) is 0. The van der Waals surface area contributed by atoms with E-state index in [1.807, 2.05) is 0 Å². The number of halogens is 5. The molecule has 0 bridgehead atoms. The highest BCUT2D eigenvalue weighted by Gasteiger charge is 2.30. The first kappa shape index (κ1) is 20.1. The van der Waals surface area contributed by atoms with Crippen LogP contribution >= 0.6 is 11.8 Å². The fourth-order valence-electron chi connectivity index (χ4n) is 1.72. The molecule has 0 amide bonds. The Hall–Kier alpha value is -1.90. The largest absolute Gasteiger partial charge is 0.465 e. The summed E-state index contributed by atoms with van der Waals surface area (Å²) in [5.74, 6) is -14.1. The Balaban J connectivity index is 2.97. The number of carbonyl (C=O) groups excluding carboxylic acids is 2. The van der Waals surface area contributed by atoms with Crippen molar-refractivity contribution in [3.8, 4) is 0 Å². The molecule has 3 nitrogen and oxygen atoms in total. The summed E-state index contributed by atoms with van der Waals surface area (Å²) in [6, 6.07) is 0. The van der Waals surface area contributed by atoms with Crippen LogP contribution in [-0.2, 0) is 14.3 Å². The van der Waals surface area contributed by atoms with Crippen LogP contribution in [0.25, 0.3) is 0 Å². The molecule has 0 aliphatic heterocycles. The summed E-state index contributed by atoms with van der Waals surface area (Å²) >= 11 is 0.120. The van der Waals surface area contributed by atoms with Crippen molar-refractivity contribution in [3.63, 3.8) is 0 Å². The molecule has 1 atom stereocenters. The molecule has 0 heterocycles. The molecular weight excluding hydrogens is 355 g/mol. The molecule has 0 fully saturated rings. The highest BCUT2D eigenvalue weighted by atomic mass is 32.2. The van der Waals surface area contributed by atoms with E-state index in [-0.39, 0.29) is 24.8 Å². The van der Waals surface area contributed by atoms with Crippen molar-refractivity contribution in [2.75, 3.05) is 12.4 Å². The second-order valence-corrected chi connectivity index (χ2v) is 5.47. The van der Waals surface area contributed by atoms with Crippen LogP contribution in [0.2, 0.25) is 0 Å². The third-order valence-corrected chi connectivity index (χ3v) is 3.97. The van der Waals surface area contributed by atoms with Gasteiger partial charge in [0.15, 0.2) is 29.1 Å². The minimum absolute atomic E-state index is 0.0184. The quantitative estimate of drug-likeness (QED) is 0.133. The fraction of sp³-hybridized carbons (Fsp3) is 0.333. The Kier molecular flexibility index (Phi) is 7.40. The maximum absolute atomic E-state index is 13.5. The molecular formula is C15H13F5O3S. The molecule has 1 unspecified atom stereocenters. The first-order valence-electron chi connectivity index (χ1n) is 6.70. The normalized spacial score (nSPS) is 11.9. The lowest BCUT2D eigenvalue weighted by molar-refractivity contribution is -0.150. The SMILES string of the molecule is C=CCC(C(=O)CSc1c(F)c(F)c(F)c(F)c1F)C(=O)OCC. The van der Waals surface area contributed by atoms with Gasteiger partial charge < -0.3 is 4.74 Å². The average molecular weight is 368 g/mol. The van der Waals surface area contributed by atoms with E-state index in [1.165, 1.54) is 13.0 Å². The number of ether oxygens (including phenoxy) is 1. The lowest BCUT2D eigenvalue weighted by atomic mass is 10.0. The van der Waals surface area contributed by atoms with E-state index in [9.17, 15) is 31.5 Å². The molecule has 0 saturated carbocycles. The average Bonchev–Trinajstić information content (AvgIpc) is 2.56. The van der Waals surface area contributed by atoms with Crippen molar-refractivity contribution in [3.05, 3.63) is 41.7 Å². The second kappa shape index (κ2) is 8.81. The number of hydrogen-bond acceptors (Lipinski definition) is 4. The fourth-order valence-corrected chi connectivity index (χ4v) is 2.64. The Morgan fingerprint density at radius 2 is 1.58 bits per heavy atom. The van der Waals surface area contributed by atoms with Crippen molar-refractivity contribution in [2.24, 2.45) is 5.92 Å². The Morgan fingerprint density at radius 1 is 1.08 bits per heavy atom. The second-order valence-electron chi connectivity index (χ2n) is 4.48. The molecule has 0 aliphatic carbocycles. The number of thioether (sulfide) groups is 1. The van der Waals surface area contributed by atoms with Crippen molar-refractivity contribution in [2.45, 2.75) is 18.2 Å². The number of esters is 1. The Morgan fingerprint density at radius 3 is 2.04 bits per heavy atom. The lowest BCUT2D eigenvalue weighted by Crippen LogP contribution is -2.27. The summed E-state index contributed by atoms with van der Waals surface area (Å²) in [6.45, 7) is 4.92. The van der Waals surface area contributed by atoms with Gasteiger partial charge in [-0.15, -0.1) is 18.3 Å². The minimum atomic E-state index is -2.28. The Bertz CT molecular complexity index is 634. The number of ketones is 1. The van der Waals surface area contributed by atoms with E-state index in [0.717, 1.165) is 0 Å². The molecule has 1 rings (SSSR count). The summed E-state index contributed by atoms with van der Waals surface area (Å²) in [7, 11) is 0. The number of rotatable bonds is 8. The first-order valence-corrected chi connectivity index (χ1v) is 7.69. The maximum atomic E-state index is 13.5. The summed E-state index contributed by atoms with van der Waals surface area (Å²) in [4.78, 5) is 22.5. The summed E-state index contributed by atoms with van der Waals surface area (Å²) in [6.07, 6.45) is 1.21. The molecule has 0 N–H and O–H groups in total. The summed E-state index contributed by atoms with van der Waals surface area (Å²) in [5, 5.41) is 0. The van der Waals surface area contributed by atoms with Gasteiger partial charge in [-0.05, 0) is 13.3 Å². The first-order chi connectivity index (χ1) is 11.3. The van der Waals surface area contributed by atoms with E-state index in [4.69, 9.17) is 4.74 Å². The molecule has 132 valence electrons. The monoisotopic (exact) mass is 368 g/mol. The van der Waals surface area contributed by atoms with Crippen molar-refractivity contribution < 1.29 is 36.3 Å². The van der Waals surface area contributed by atoms with Crippen molar-refractivity contribution >= 4 is 23.5 Å². The molecule has 1 aromatic carbocycles. The van der Waals surface area contributed by atoms with Crippen LogP contribution in [0.3, 0.4) is 0 Å². The maximum Gasteiger partial charge on any atom is 0.316 e. The van der Waals surface area contributed by atoms with Crippen LogP contribution in [0.5, 0.6) is 0 Å². The number of allylic oxidation sites excluding steroid dienone is 1. The van der Waals surface area contributed by atoms with Crippen molar-refractivity contribution in [1.82, 2.24) is 0 Å². The molecule has 0 aromatic heterocycles. The lowest BCUT2D eigenvalue weighted by Gasteiger charge is -2.13. The van der Waals surface area contributed by atoms with Gasteiger partial charge in [0.1, 0.15) is 5.92 Å². The highest BCUT2D eigenvalue weighted by molar-refractivity contribution is 8.00. The van der Waals surface area contributed by atoms with E-state index >= 15 is 0 Å². The molecule has 0 saturated heterocycles. The van der Waals surface area contributed by atoms with E-state index < -0.39 is 57.4 Å². The molecule has 1 aromatic rings. The van der Waals surface area contributed by atoms with Crippen LogP contribution in [0, 0.1) is 35.0 Å². The smallest absolute Gasteiger partial charge is 0.316 e. The van der Waals surface area contributed by atoms with Crippen molar-refractivity contribution in [1.29, 1.82) is 0 Å². The van der Waals surface area contributed by atoms with Gasteiger partial charge in [0.25, 0.3) is 0 Å². The van der Waals surface area contributed by atoms with Gasteiger partial charge >= 0.3 is 5.97 Å². The number of Topliss-reactive ketones (excluding diaryl/α,β-unsaturated/α-hetero) is 1. The van der Waals surface area contributed by atoms with Crippen LogP contribution in [0.4, 0.5) is 22.0 Å². The van der Waals surface area contributed by atoms with Crippen LogP contribution in [0.1, 0.15) is 13.3 Å². The van der Waals surface area contributed by atoms with Crippen LogP contribution in [0.15, 0.2) is 17.6 Å². The number of carbonyl (C=O) groups is 2. The summed E-state index contributed by atoms with van der Waals surface area (Å²) in [5.41, 5.74) is 0. The van der Waals surface area contributed by atoms with Crippen LogP contribution in [-0.4, -0.2) is 24.1 Å². The van der Waals surface area contributed by atoms with E-state index in [2.05, 4.69) is 6.58 Å². The van der Waals surface area contributed by atoms with Gasteiger partial charge in [0.05, 0.1) is 17.3 Å². The predicted molar refractivity (Wildman–Crippen MR) is 76.9 cm³/mol. The van der Waals surface area contributed by atoms with Crippen LogP contribution < -0.4 is 0 Å². The van der Waals surface area contributed by atoms with E-state index in [0.29, 0.717) is 0 Å². The molecule has 9 heteroatoms. The zero-order valence-electron chi connectivity index (χ0n) is 12.5. The zero-order valence-corrected chi connectivity index (χ0v) is 13.3. The topological polar surface area (TPSA) is 43.4 Å². The molecule has 0 aliphatic rings. The number of benzene rings is 1. The predicted octanol–water partition coefficient (Wildman–Crippen LogP) is 3.80. The van der Waals surface area contributed by atoms with Gasteiger partial charge in [-0.3, -0.25) is 9.59 Å². The molecule has 0 radical (unpaired) electrons. The van der Waals surface area contributed by atoms with Gasteiger partial charge in [0.2, 0.25) is 5.82 Å². The minimum Gasteiger partial charge on any atom is -0.465 e. The zero-order chi connectivity index (χ0) is 18.4. The molecule has 24 heavy (non-hydrogen) atoms. The van der Waals surface area contributed by atoms with Gasteiger partial charge in [-0.2, -0.15) is 0 Å². The third kappa shape index (κ3) is 4.34. The third-order valence-electron chi connectivity index (χ3n) is 2.89. The van der Waals surface area contributed by atoms with Gasteiger partial charge in [-0.25, -0.2) is 22.0 Å². The Labute approximate surface area is 138 Å². The highest BCUT2D eigenvalue weighted by Crippen LogP contribution is 2.31.